The summed E-state index contributed by atoms with van der Waals surface area (Å²) in [6, 6.07) is 1.96. The molecule has 0 fully saturated rings. The highest BCUT2D eigenvalue weighted by Crippen LogP contribution is 2.18. The minimum Gasteiger partial charge on any atom is -0.300 e. The zero-order valence-corrected chi connectivity index (χ0v) is 8.88. The summed E-state index contributed by atoms with van der Waals surface area (Å²) >= 11 is 0. The summed E-state index contributed by atoms with van der Waals surface area (Å²) < 4.78 is 1.55. The van der Waals surface area contributed by atoms with E-state index in [0.29, 0.717) is 0 Å². The second-order valence-corrected chi connectivity index (χ2v) is 4.37. The molecule has 1 heterocycles. The molecule has 0 aliphatic carbocycles. The summed E-state index contributed by atoms with van der Waals surface area (Å²) in [4.78, 5) is 15.4. The van der Waals surface area contributed by atoms with E-state index in [9.17, 15) is 4.79 Å². The minimum absolute atomic E-state index is 0.0574. The lowest BCUT2D eigenvalue weighted by atomic mass is 9.91. The third-order valence-corrected chi connectivity index (χ3v) is 2.15. The normalized spacial score (nSPS) is 11.8. The minimum atomic E-state index is -0.176. The fourth-order valence-electron chi connectivity index (χ4n) is 1.04. The maximum absolute atomic E-state index is 11.4. The van der Waals surface area contributed by atoms with Crippen molar-refractivity contribution in [1.29, 1.82) is 0 Å². The van der Waals surface area contributed by atoms with Crippen molar-refractivity contribution in [1.82, 2.24) is 9.55 Å². The first-order valence-electron chi connectivity index (χ1n) is 4.37. The van der Waals surface area contributed by atoms with Crippen LogP contribution < -0.4 is 5.69 Å². The zero-order chi connectivity index (χ0) is 10.2. The molecule has 0 amide bonds. The van der Waals surface area contributed by atoms with Crippen LogP contribution in [0.5, 0.6) is 0 Å². The molecular weight excluding hydrogens is 164 g/mol. The topological polar surface area (TPSA) is 34.9 Å². The van der Waals surface area contributed by atoms with Crippen LogP contribution >= 0.6 is 0 Å². The van der Waals surface area contributed by atoms with Gasteiger partial charge in [0.1, 0.15) is 0 Å². The van der Waals surface area contributed by atoms with E-state index in [1.165, 1.54) is 0 Å². The molecule has 1 rings (SSSR count). The van der Waals surface area contributed by atoms with E-state index in [0.717, 1.165) is 11.4 Å². The number of aromatic nitrogens is 2. The van der Waals surface area contributed by atoms with Crippen LogP contribution in [0.2, 0.25) is 0 Å². The lowest BCUT2D eigenvalue weighted by molar-refractivity contribution is 0.555. The van der Waals surface area contributed by atoms with Gasteiger partial charge in [-0.25, -0.2) is 4.79 Å². The van der Waals surface area contributed by atoms with Gasteiger partial charge in [0.15, 0.2) is 0 Å². The van der Waals surface area contributed by atoms with Gasteiger partial charge < -0.3 is 0 Å². The van der Waals surface area contributed by atoms with E-state index in [1.807, 2.05) is 33.8 Å². The first kappa shape index (κ1) is 9.96. The first-order chi connectivity index (χ1) is 5.82. The number of hydrogen-bond acceptors (Lipinski definition) is 2. The molecule has 0 saturated carbocycles. The Kier molecular flexibility index (Phi) is 2.28. The van der Waals surface area contributed by atoms with E-state index in [2.05, 4.69) is 4.98 Å². The van der Waals surface area contributed by atoms with Crippen molar-refractivity contribution in [2.24, 2.45) is 7.05 Å². The van der Waals surface area contributed by atoms with Crippen LogP contribution in [0.1, 0.15) is 32.2 Å². The number of aryl methyl sites for hydroxylation is 1. The summed E-state index contributed by atoms with van der Waals surface area (Å²) in [5, 5.41) is 0. The van der Waals surface area contributed by atoms with Crippen molar-refractivity contribution in [2.45, 2.75) is 33.1 Å². The number of rotatable bonds is 0. The molecule has 0 aliphatic rings. The lowest BCUT2D eigenvalue weighted by Crippen LogP contribution is -2.27. The average Bonchev–Trinajstić information content (AvgIpc) is 1.97. The summed E-state index contributed by atoms with van der Waals surface area (Å²) in [6.45, 7) is 8.06. The average molecular weight is 180 g/mol. The zero-order valence-electron chi connectivity index (χ0n) is 8.88. The van der Waals surface area contributed by atoms with Gasteiger partial charge >= 0.3 is 5.69 Å². The highest BCUT2D eigenvalue weighted by Gasteiger charge is 2.16. The van der Waals surface area contributed by atoms with Crippen LogP contribution in [0.4, 0.5) is 0 Å². The molecule has 13 heavy (non-hydrogen) atoms. The molecule has 0 bridgehead atoms. The highest BCUT2D eigenvalue weighted by atomic mass is 16.1. The Morgan fingerprint density at radius 3 is 2.31 bits per heavy atom. The quantitative estimate of drug-likeness (QED) is 0.604. The largest absolute Gasteiger partial charge is 0.347 e. The molecule has 0 radical (unpaired) electrons. The molecule has 0 spiro atoms. The molecule has 0 aliphatic heterocycles. The predicted molar refractivity (Wildman–Crippen MR) is 52.9 cm³/mol. The Morgan fingerprint density at radius 1 is 1.38 bits per heavy atom. The maximum atomic E-state index is 11.4. The van der Waals surface area contributed by atoms with E-state index in [-0.39, 0.29) is 11.1 Å². The fraction of sp³-hybridized carbons (Fsp3) is 0.600. The van der Waals surface area contributed by atoms with Gasteiger partial charge in [0.2, 0.25) is 0 Å². The van der Waals surface area contributed by atoms with Crippen LogP contribution in [-0.2, 0) is 12.5 Å². The predicted octanol–water partition coefficient (Wildman–Crippen LogP) is 1.39. The molecule has 1 aromatic rings. The van der Waals surface area contributed by atoms with Gasteiger partial charge in [0, 0.05) is 18.2 Å². The van der Waals surface area contributed by atoms with Crippen LogP contribution in [0.25, 0.3) is 0 Å². The lowest BCUT2D eigenvalue weighted by Gasteiger charge is -2.18. The molecule has 0 unspecified atom stereocenters. The van der Waals surface area contributed by atoms with Crippen LogP contribution in [0.3, 0.4) is 0 Å². The number of nitrogens with zero attached hydrogens (tertiary/aromatic N) is 2. The van der Waals surface area contributed by atoms with Crippen LogP contribution in [0.15, 0.2) is 10.9 Å². The second-order valence-electron chi connectivity index (χ2n) is 4.37. The van der Waals surface area contributed by atoms with Gasteiger partial charge in [0.25, 0.3) is 0 Å². The van der Waals surface area contributed by atoms with E-state index >= 15 is 0 Å². The van der Waals surface area contributed by atoms with Gasteiger partial charge in [-0.05, 0) is 13.0 Å². The van der Waals surface area contributed by atoms with E-state index < -0.39 is 0 Å². The Hall–Kier alpha value is -1.12. The molecule has 0 aromatic carbocycles. The van der Waals surface area contributed by atoms with E-state index in [1.54, 1.807) is 11.6 Å². The molecule has 0 N–H and O–H groups in total. The van der Waals surface area contributed by atoms with Gasteiger partial charge in [-0.3, -0.25) is 4.57 Å². The molecule has 72 valence electrons. The van der Waals surface area contributed by atoms with Crippen molar-refractivity contribution >= 4 is 0 Å². The first-order valence-corrected chi connectivity index (χ1v) is 4.37. The van der Waals surface area contributed by atoms with Gasteiger partial charge in [-0.15, -0.1) is 0 Å². The van der Waals surface area contributed by atoms with Crippen LogP contribution in [0, 0.1) is 6.92 Å². The van der Waals surface area contributed by atoms with Gasteiger partial charge in [-0.1, -0.05) is 20.8 Å². The summed E-state index contributed by atoms with van der Waals surface area (Å²) in [5.41, 5.74) is 1.57. The molecule has 0 atom stereocenters. The molecule has 3 heteroatoms. The Morgan fingerprint density at radius 2 is 1.92 bits per heavy atom. The fourth-order valence-corrected chi connectivity index (χ4v) is 1.04. The smallest absolute Gasteiger partial charge is 0.300 e. The second kappa shape index (κ2) is 2.98. The SMILES string of the molecule is Cc1cc(C(C)(C)C)nc(=O)n1C. The van der Waals surface area contributed by atoms with Crippen molar-refractivity contribution in [3.8, 4) is 0 Å². The monoisotopic (exact) mass is 180 g/mol. The van der Waals surface area contributed by atoms with Gasteiger partial charge in [0.05, 0.1) is 5.69 Å². The Labute approximate surface area is 78.4 Å². The molecule has 0 saturated heterocycles. The summed E-state index contributed by atoms with van der Waals surface area (Å²) in [7, 11) is 1.73. The van der Waals surface area contributed by atoms with Crippen molar-refractivity contribution < 1.29 is 0 Å². The van der Waals surface area contributed by atoms with Crippen molar-refractivity contribution in [2.75, 3.05) is 0 Å². The Bertz CT molecular complexity index is 371. The molecular formula is C10H16N2O. The van der Waals surface area contributed by atoms with Crippen LogP contribution in [-0.4, -0.2) is 9.55 Å². The van der Waals surface area contributed by atoms with Crippen molar-refractivity contribution in [3.63, 3.8) is 0 Å². The summed E-state index contributed by atoms with van der Waals surface area (Å²) in [6.07, 6.45) is 0. The third-order valence-electron chi connectivity index (χ3n) is 2.15. The molecule has 1 aromatic heterocycles. The maximum Gasteiger partial charge on any atom is 0.347 e. The Balaban J connectivity index is 3.38. The summed E-state index contributed by atoms with van der Waals surface area (Å²) in [5.74, 6) is 0. The highest BCUT2D eigenvalue weighted by molar-refractivity contribution is 5.15. The molecule has 3 nitrogen and oxygen atoms in total. The third kappa shape index (κ3) is 1.97. The number of hydrogen-bond donors (Lipinski definition) is 0. The standard InChI is InChI=1S/C10H16N2O/c1-7-6-8(10(2,3)4)11-9(13)12(7)5/h6H,1-5H3. The van der Waals surface area contributed by atoms with Crippen molar-refractivity contribution in [3.05, 3.63) is 27.9 Å². The van der Waals surface area contributed by atoms with E-state index in [4.69, 9.17) is 0 Å². The van der Waals surface area contributed by atoms with Gasteiger partial charge in [-0.2, -0.15) is 4.98 Å².